The normalized spacial score (nSPS) is 14.8. The summed E-state index contributed by atoms with van der Waals surface area (Å²) in [4.78, 5) is 16.7. The lowest BCUT2D eigenvalue weighted by atomic mass is 10.1. The van der Waals surface area contributed by atoms with Crippen LogP contribution >= 0.6 is 31.9 Å². The summed E-state index contributed by atoms with van der Waals surface area (Å²) >= 11 is 6.99. The zero-order valence-electron chi connectivity index (χ0n) is 15.2. The molecule has 0 amide bonds. The number of nitrogens with zero attached hydrogens (tertiary/aromatic N) is 1. The van der Waals surface area contributed by atoms with Gasteiger partial charge in [-0.05, 0) is 78.5 Å². The van der Waals surface area contributed by atoms with E-state index in [2.05, 4.69) is 43.4 Å². The molecule has 1 heterocycles. The van der Waals surface area contributed by atoms with Gasteiger partial charge in [0.15, 0.2) is 5.70 Å². The van der Waals surface area contributed by atoms with Gasteiger partial charge in [-0.15, -0.1) is 0 Å². The molecule has 0 atom stereocenters. The molecule has 4 nitrogen and oxygen atoms in total. The van der Waals surface area contributed by atoms with Crippen molar-refractivity contribution in [2.45, 2.75) is 0 Å². The number of ether oxygens (including phenoxy) is 2. The van der Waals surface area contributed by atoms with Crippen LogP contribution in [0.5, 0.6) is 5.75 Å². The minimum Gasteiger partial charge on any atom is -0.487 e. The Balaban J connectivity index is 1.66. The Kier molecular flexibility index (Phi) is 5.65. The van der Waals surface area contributed by atoms with Crippen molar-refractivity contribution in [3.63, 3.8) is 0 Å². The highest BCUT2D eigenvalue weighted by molar-refractivity contribution is 9.11. The molecule has 6 heteroatoms. The molecule has 0 spiro atoms. The standard InChI is InChI=1S/C23H15Br2NO3/c1-2-9-28-21-18(24)10-14(11-19(21)25)12-20-23(27)29-22(26-20)17-8-7-15-5-3-4-6-16(15)13-17/h2-8,10-13H,1,9H2/b20-12-. The second-order valence-corrected chi connectivity index (χ2v) is 8.02. The van der Waals surface area contributed by atoms with Gasteiger partial charge in [-0.3, -0.25) is 0 Å². The number of benzene rings is 3. The molecule has 3 aromatic carbocycles. The van der Waals surface area contributed by atoms with Gasteiger partial charge < -0.3 is 9.47 Å². The van der Waals surface area contributed by atoms with E-state index in [0.29, 0.717) is 18.3 Å². The zero-order chi connectivity index (χ0) is 20.4. The monoisotopic (exact) mass is 511 g/mol. The second-order valence-electron chi connectivity index (χ2n) is 6.31. The average Bonchev–Trinajstić information content (AvgIpc) is 3.07. The van der Waals surface area contributed by atoms with Gasteiger partial charge in [-0.1, -0.05) is 43.0 Å². The fourth-order valence-corrected chi connectivity index (χ4v) is 4.41. The number of carbonyl (C=O) groups excluding carboxylic acids is 1. The molecule has 0 saturated carbocycles. The van der Waals surface area contributed by atoms with Crippen molar-refractivity contribution in [3.05, 3.63) is 93.0 Å². The summed E-state index contributed by atoms with van der Waals surface area (Å²) in [6.45, 7) is 4.04. The lowest BCUT2D eigenvalue weighted by molar-refractivity contribution is -0.129. The summed E-state index contributed by atoms with van der Waals surface area (Å²) in [5, 5.41) is 2.18. The maximum atomic E-state index is 12.3. The van der Waals surface area contributed by atoms with Crippen LogP contribution < -0.4 is 4.74 Å². The predicted octanol–water partition coefficient (Wildman–Crippen LogP) is 6.27. The van der Waals surface area contributed by atoms with E-state index in [9.17, 15) is 4.79 Å². The molecule has 0 saturated heterocycles. The highest BCUT2D eigenvalue weighted by Gasteiger charge is 2.24. The fraction of sp³-hybridized carbons (Fsp3) is 0.0435. The predicted molar refractivity (Wildman–Crippen MR) is 122 cm³/mol. The minimum atomic E-state index is -0.479. The number of rotatable bonds is 5. The summed E-state index contributed by atoms with van der Waals surface area (Å²) < 4.78 is 12.5. The van der Waals surface area contributed by atoms with Crippen molar-refractivity contribution in [3.8, 4) is 5.75 Å². The molecule has 4 rings (SSSR count). The maximum absolute atomic E-state index is 12.3. The molecular weight excluding hydrogens is 498 g/mol. The van der Waals surface area contributed by atoms with Gasteiger partial charge >= 0.3 is 5.97 Å². The van der Waals surface area contributed by atoms with Crippen molar-refractivity contribution in [1.29, 1.82) is 0 Å². The largest absolute Gasteiger partial charge is 0.487 e. The van der Waals surface area contributed by atoms with Crippen LogP contribution in [0.1, 0.15) is 11.1 Å². The van der Waals surface area contributed by atoms with Crippen LogP contribution in [-0.4, -0.2) is 18.5 Å². The molecule has 144 valence electrons. The van der Waals surface area contributed by atoms with Crippen LogP contribution in [0.4, 0.5) is 0 Å². The van der Waals surface area contributed by atoms with Crippen LogP contribution in [0.3, 0.4) is 0 Å². The van der Waals surface area contributed by atoms with E-state index in [4.69, 9.17) is 9.47 Å². The topological polar surface area (TPSA) is 47.9 Å². The number of cyclic esters (lactones) is 1. The Morgan fingerprint density at radius 1 is 1.03 bits per heavy atom. The van der Waals surface area contributed by atoms with Gasteiger partial charge in [0, 0.05) is 5.56 Å². The fourth-order valence-electron chi connectivity index (χ4n) is 2.96. The first kappa shape index (κ1) is 19.6. The third kappa shape index (κ3) is 4.18. The average molecular weight is 513 g/mol. The van der Waals surface area contributed by atoms with Crippen molar-refractivity contribution < 1.29 is 14.3 Å². The van der Waals surface area contributed by atoms with E-state index in [1.807, 2.05) is 54.6 Å². The summed E-state index contributed by atoms with van der Waals surface area (Å²) in [5.74, 6) is 0.491. The van der Waals surface area contributed by atoms with Gasteiger partial charge in [0.25, 0.3) is 0 Å². The number of carbonyl (C=O) groups is 1. The molecular formula is C23H15Br2NO3. The van der Waals surface area contributed by atoms with E-state index >= 15 is 0 Å². The van der Waals surface area contributed by atoms with Gasteiger partial charge in [-0.2, -0.15) is 0 Å². The molecule has 0 unspecified atom stereocenters. The summed E-state index contributed by atoms with van der Waals surface area (Å²) in [5.41, 5.74) is 1.79. The van der Waals surface area contributed by atoms with Crippen molar-refractivity contribution in [2.24, 2.45) is 4.99 Å². The number of aliphatic imine (C=N–C) groups is 1. The van der Waals surface area contributed by atoms with Crippen LogP contribution in [0.25, 0.3) is 16.8 Å². The molecule has 0 bridgehead atoms. The summed E-state index contributed by atoms with van der Waals surface area (Å²) in [7, 11) is 0. The smallest absolute Gasteiger partial charge is 0.363 e. The van der Waals surface area contributed by atoms with E-state index < -0.39 is 5.97 Å². The van der Waals surface area contributed by atoms with Crippen LogP contribution in [-0.2, 0) is 9.53 Å². The Bertz CT molecular complexity index is 1170. The molecule has 0 radical (unpaired) electrons. The molecule has 29 heavy (non-hydrogen) atoms. The van der Waals surface area contributed by atoms with Crippen molar-refractivity contribution >= 4 is 60.6 Å². The molecule has 0 N–H and O–H groups in total. The summed E-state index contributed by atoms with van der Waals surface area (Å²) in [6.07, 6.45) is 3.36. The van der Waals surface area contributed by atoms with E-state index in [1.54, 1.807) is 12.2 Å². The third-order valence-corrected chi connectivity index (χ3v) is 5.46. The first-order chi connectivity index (χ1) is 14.0. The lowest BCUT2D eigenvalue weighted by Gasteiger charge is -2.09. The minimum absolute atomic E-state index is 0.242. The van der Waals surface area contributed by atoms with Crippen LogP contribution in [0, 0.1) is 0 Å². The van der Waals surface area contributed by atoms with Gasteiger partial charge in [0.1, 0.15) is 12.4 Å². The number of esters is 1. The van der Waals surface area contributed by atoms with E-state index in [0.717, 1.165) is 30.8 Å². The highest BCUT2D eigenvalue weighted by Crippen LogP contribution is 2.36. The Labute approximate surface area is 184 Å². The number of hydrogen-bond donors (Lipinski definition) is 0. The molecule has 3 aromatic rings. The van der Waals surface area contributed by atoms with Crippen LogP contribution in [0.15, 0.2) is 86.9 Å². The number of halogens is 2. The first-order valence-electron chi connectivity index (χ1n) is 8.79. The molecule has 0 aliphatic carbocycles. The van der Waals surface area contributed by atoms with E-state index in [-0.39, 0.29) is 5.70 Å². The Morgan fingerprint density at radius 3 is 2.48 bits per heavy atom. The zero-order valence-corrected chi connectivity index (χ0v) is 18.4. The first-order valence-corrected chi connectivity index (χ1v) is 10.4. The van der Waals surface area contributed by atoms with Crippen molar-refractivity contribution in [2.75, 3.05) is 6.61 Å². The highest BCUT2D eigenvalue weighted by atomic mass is 79.9. The second kappa shape index (κ2) is 8.35. The Morgan fingerprint density at radius 2 is 1.76 bits per heavy atom. The number of fused-ring (bicyclic) bond motifs is 1. The van der Waals surface area contributed by atoms with Crippen molar-refractivity contribution in [1.82, 2.24) is 0 Å². The van der Waals surface area contributed by atoms with Gasteiger partial charge in [0.05, 0.1) is 8.95 Å². The molecule has 0 fully saturated rings. The van der Waals surface area contributed by atoms with E-state index in [1.165, 1.54) is 0 Å². The summed E-state index contributed by atoms with van der Waals surface area (Å²) in [6, 6.07) is 17.6. The lowest BCUT2D eigenvalue weighted by Crippen LogP contribution is -2.05. The van der Waals surface area contributed by atoms with Gasteiger partial charge in [-0.25, -0.2) is 9.79 Å². The van der Waals surface area contributed by atoms with Gasteiger partial charge in [0.2, 0.25) is 5.90 Å². The van der Waals surface area contributed by atoms with Crippen LogP contribution in [0.2, 0.25) is 0 Å². The maximum Gasteiger partial charge on any atom is 0.363 e. The third-order valence-electron chi connectivity index (χ3n) is 4.29. The SMILES string of the molecule is C=CCOc1c(Br)cc(/C=C2\N=C(c3ccc4ccccc4c3)OC2=O)cc1Br. The molecule has 1 aliphatic rings. The Hall–Kier alpha value is -2.70. The quantitative estimate of drug-likeness (QED) is 0.230. The number of hydrogen-bond acceptors (Lipinski definition) is 4. The molecule has 0 aromatic heterocycles. The molecule has 1 aliphatic heterocycles.